The molecule has 0 aliphatic carbocycles. The third-order valence-electron chi connectivity index (χ3n) is 5.98. The van der Waals surface area contributed by atoms with Crippen LogP contribution in [0.5, 0.6) is 17.2 Å². The molecule has 2 fully saturated rings. The quantitative estimate of drug-likeness (QED) is 0.444. The number of benzene rings is 1. The number of ether oxygens (including phenoxy) is 3. The van der Waals surface area contributed by atoms with Gasteiger partial charge in [-0.05, 0) is 36.6 Å². The summed E-state index contributed by atoms with van der Waals surface area (Å²) in [7, 11) is 4.67. The molecule has 0 atom stereocenters. The van der Waals surface area contributed by atoms with Crippen molar-refractivity contribution in [2.45, 2.75) is 12.8 Å². The highest BCUT2D eigenvalue weighted by Crippen LogP contribution is 2.38. The Hall–Kier alpha value is -4.06. The predicted octanol–water partition coefficient (Wildman–Crippen LogP) is 1.20. The summed E-state index contributed by atoms with van der Waals surface area (Å²) in [6.45, 7) is 4.86. The zero-order chi connectivity index (χ0) is 28.1. The normalized spacial score (nSPS) is 15.8. The fourth-order valence-corrected chi connectivity index (χ4v) is 4.00. The molecule has 0 aromatic heterocycles. The van der Waals surface area contributed by atoms with Gasteiger partial charge < -0.3 is 34.2 Å². The Morgan fingerprint density at radius 3 is 1.74 bits per heavy atom. The van der Waals surface area contributed by atoms with Crippen molar-refractivity contribution in [3.8, 4) is 17.2 Å². The number of aliphatic carboxylic acids is 2. The first-order valence-corrected chi connectivity index (χ1v) is 12.1. The van der Waals surface area contributed by atoms with Gasteiger partial charge in [0.05, 0.1) is 27.9 Å². The number of hydrogen-bond donors (Lipinski definition) is 2. The Balaban J connectivity index is 0.000000550. The summed E-state index contributed by atoms with van der Waals surface area (Å²) in [6, 6.07) is 3.60. The lowest BCUT2D eigenvalue weighted by Crippen LogP contribution is -2.51. The van der Waals surface area contributed by atoms with Crippen LogP contribution < -0.4 is 14.2 Å². The molecule has 0 spiro atoms. The lowest BCUT2D eigenvalue weighted by Gasteiger charge is -2.34. The molecule has 208 valence electrons. The van der Waals surface area contributed by atoms with Crippen molar-refractivity contribution >= 4 is 29.8 Å². The van der Waals surface area contributed by atoms with Crippen molar-refractivity contribution in [3.05, 3.63) is 35.9 Å². The van der Waals surface area contributed by atoms with Gasteiger partial charge in [-0.3, -0.25) is 14.5 Å². The lowest BCUT2D eigenvalue weighted by molar-refractivity contribution is -0.134. The molecule has 0 saturated carbocycles. The Morgan fingerprint density at radius 1 is 0.763 bits per heavy atom. The van der Waals surface area contributed by atoms with E-state index in [9.17, 15) is 19.2 Å². The van der Waals surface area contributed by atoms with Crippen LogP contribution in [0.4, 0.5) is 0 Å². The van der Waals surface area contributed by atoms with Crippen molar-refractivity contribution in [1.82, 2.24) is 14.7 Å². The maximum atomic E-state index is 12.6. The number of likely N-dealkylation sites (tertiary alicyclic amines) is 1. The molecule has 0 bridgehead atoms. The van der Waals surface area contributed by atoms with Gasteiger partial charge in [0.15, 0.2) is 11.5 Å². The second kappa shape index (κ2) is 15.3. The molecule has 12 nitrogen and oxygen atoms in total. The van der Waals surface area contributed by atoms with Gasteiger partial charge in [-0.15, -0.1) is 0 Å². The molecule has 2 aliphatic heterocycles. The average molecular weight is 534 g/mol. The zero-order valence-corrected chi connectivity index (χ0v) is 21.9. The molecule has 38 heavy (non-hydrogen) atoms. The van der Waals surface area contributed by atoms with Crippen LogP contribution in [0.3, 0.4) is 0 Å². The first-order chi connectivity index (χ1) is 18.2. The molecular formula is C26H35N3O9. The Kier molecular flexibility index (Phi) is 12.1. The summed E-state index contributed by atoms with van der Waals surface area (Å²) in [5.74, 6) is -0.757. The summed E-state index contributed by atoms with van der Waals surface area (Å²) in [5.41, 5.74) is 0.785. The number of carboxylic acid groups (broad SMARTS) is 2. The number of hydrogen-bond acceptors (Lipinski definition) is 8. The monoisotopic (exact) mass is 533 g/mol. The fourth-order valence-electron chi connectivity index (χ4n) is 4.00. The molecule has 12 heteroatoms. The van der Waals surface area contributed by atoms with Crippen LogP contribution in [-0.4, -0.2) is 116 Å². The zero-order valence-electron chi connectivity index (χ0n) is 21.9. The highest BCUT2D eigenvalue weighted by Gasteiger charge is 2.24. The second-order valence-electron chi connectivity index (χ2n) is 8.49. The third-order valence-corrected chi connectivity index (χ3v) is 5.98. The van der Waals surface area contributed by atoms with Gasteiger partial charge in [0, 0.05) is 57.5 Å². The highest BCUT2D eigenvalue weighted by atomic mass is 16.5. The number of nitrogens with zero attached hydrogens (tertiary/aromatic N) is 3. The summed E-state index contributed by atoms with van der Waals surface area (Å²) >= 11 is 0. The molecule has 3 rings (SSSR count). The molecule has 0 radical (unpaired) electrons. The highest BCUT2D eigenvalue weighted by molar-refractivity contribution is 5.92. The van der Waals surface area contributed by atoms with Gasteiger partial charge in [0.1, 0.15) is 0 Å². The Bertz CT molecular complexity index is 999. The number of methoxy groups -OCH3 is 3. The maximum absolute atomic E-state index is 12.6. The summed E-state index contributed by atoms with van der Waals surface area (Å²) in [5, 5.41) is 15.6. The number of rotatable bonds is 9. The predicted molar refractivity (Wildman–Crippen MR) is 138 cm³/mol. The van der Waals surface area contributed by atoms with Crippen LogP contribution >= 0.6 is 0 Å². The lowest BCUT2D eigenvalue weighted by atomic mass is 10.1. The molecule has 2 aliphatic rings. The van der Waals surface area contributed by atoms with E-state index in [1.165, 1.54) is 0 Å². The van der Waals surface area contributed by atoms with E-state index in [0.717, 1.165) is 31.5 Å². The number of carbonyl (C=O) groups is 4. The molecule has 2 saturated heterocycles. The van der Waals surface area contributed by atoms with E-state index >= 15 is 0 Å². The first kappa shape index (κ1) is 30.2. The van der Waals surface area contributed by atoms with Crippen molar-refractivity contribution in [3.63, 3.8) is 0 Å². The molecule has 0 unspecified atom stereocenters. The minimum Gasteiger partial charge on any atom is -0.493 e. The van der Waals surface area contributed by atoms with Gasteiger partial charge in [-0.25, -0.2) is 9.59 Å². The van der Waals surface area contributed by atoms with Crippen molar-refractivity contribution in [2.75, 3.05) is 67.1 Å². The minimum atomic E-state index is -1.26. The number of carbonyl (C=O) groups excluding carboxylic acids is 2. The van der Waals surface area contributed by atoms with Crippen molar-refractivity contribution in [1.29, 1.82) is 0 Å². The summed E-state index contributed by atoms with van der Waals surface area (Å²) in [6.07, 6.45) is 6.63. The smallest absolute Gasteiger partial charge is 0.328 e. The van der Waals surface area contributed by atoms with Crippen molar-refractivity contribution in [2.24, 2.45) is 0 Å². The minimum absolute atomic E-state index is 0.0470. The van der Waals surface area contributed by atoms with Gasteiger partial charge >= 0.3 is 11.9 Å². The SMILES string of the molecule is COc1cc(/C=C\C(=O)N2CCN(CC(=O)N3CCCC3)CC2)cc(OC)c1OC.O=C(O)/C=C/C(=O)O. The second-order valence-corrected chi connectivity index (χ2v) is 8.49. The maximum Gasteiger partial charge on any atom is 0.328 e. The van der Waals surface area contributed by atoms with Crippen LogP contribution in [0.25, 0.3) is 6.08 Å². The van der Waals surface area contributed by atoms with E-state index in [1.54, 1.807) is 45.6 Å². The third kappa shape index (κ3) is 9.43. The Morgan fingerprint density at radius 2 is 1.29 bits per heavy atom. The van der Waals surface area contributed by atoms with Gasteiger partial charge in [0.25, 0.3) is 0 Å². The van der Waals surface area contributed by atoms with E-state index in [1.807, 2.05) is 9.80 Å². The van der Waals surface area contributed by atoms with Gasteiger partial charge in [-0.1, -0.05) is 0 Å². The average Bonchev–Trinajstić information content (AvgIpc) is 3.46. The van der Waals surface area contributed by atoms with Crippen LogP contribution in [0.1, 0.15) is 18.4 Å². The summed E-state index contributed by atoms with van der Waals surface area (Å²) in [4.78, 5) is 49.9. The van der Waals surface area contributed by atoms with E-state index in [2.05, 4.69) is 4.90 Å². The van der Waals surface area contributed by atoms with E-state index < -0.39 is 11.9 Å². The van der Waals surface area contributed by atoms with Gasteiger partial charge in [-0.2, -0.15) is 0 Å². The molecule has 2 N–H and O–H groups in total. The first-order valence-electron chi connectivity index (χ1n) is 12.1. The molecular weight excluding hydrogens is 498 g/mol. The van der Waals surface area contributed by atoms with E-state index in [0.29, 0.717) is 62.1 Å². The van der Waals surface area contributed by atoms with Crippen LogP contribution in [0.15, 0.2) is 30.4 Å². The fraction of sp³-hybridized carbons (Fsp3) is 0.462. The van der Waals surface area contributed by atoms with Crippen molar-refractivity contribution < 1.29 is 43.6 Å². The van der Waals surface area contributed by atoms with Crippen LogP contribution in [0.2, 0.25) is 0 Å². The molecule has 1 aromatic carbocycles. The van der Waals surface area contributed by atoms with E-state index in [-0.39, 0.29) is 11.8 Å². The number of amides is 2. The van der Waals surface area contributed by atoms with Crippen LogP contribution in [-0.2, 0) is 19.2 Å². The molecule has 2 amide bonds. The standard InChI is InChI=1S/C22H31N3O5.C4H4O4/c1-28-18-14-17(15-19(29-2)22(18)30-3)6-7-20(26)25-12-10-23(11-13-25)16-21(27)24-8-4-5-9-24;5-3(6)1-2-4(7)8/h6-7,14-15H,4-5,8-13,16H2,1-3H3;1-2H,(H,5,6)(H,7,8)/b7-6-;2-1+. The number of piperazine rings is 1. The summed E-state index contributed by atoms with van der Waals surface area (Å²) < 4.78 is 16.0. The van der Waals surface area contributed by atoms with Crippen LogP contribution in [0, 0.1) is 0 Å². The van der Waals surface area contributed by atoms with E-state index in [4.69, 9.17) is 24.4 Å². The number of carboxylic acids is 2. The molecule has 1 aromatic rings. The Labute approximate surface area is 221 Å². The molecule has 2 heterocycles. The largest absolute Gasteiger partial charge is 0.493 e. The van der Waals surface area contributed by atoms with Gasteiger partial charge in [0.2, 0.25) is 17.6 Å². The topological polar surface area (TPSA) is 146 Å².